The summed E-state index contributed by atoms with van der Waals surface area (Å²) >= 11 is 6.36. The van der Waals surface area contributed by atoms with Crippen LogP contribution in [0.1, 0.15) is 19.3 Å². The predicted molar refractivity (Wildman–Crippen MR) is 94.3 cm³/mol. The first-order chi connectivity index (χ1) is 11.6. The number of hydrogen-bond acceptors (Lipinski definition) is 4. The van der Waals surface area contributed by atoms with Gasteiger partial charge in [-0.2, -0.15) is 0 Å². The lowest BCUT2D eigenvalue weighted by Crippen LogP contribution is -2.34. The Morgan fingerprint density at radius 3 is 2.58 bits per heavy atom. The van der Waals surface area contributed by atoms with E-state index in [2.05, 4.69) is 9.88 Å². The summed E-state index contributed by atoms with van der Waals surface area (Å²) in [6.07, 6.45) is 4.39. The molecule has 7 heteroatoms. The van der Waals surface area contributed by atoms with E-state index in [9.17, 15) is 9.59 Å². The van der Waals surface area contributed by atoms with Crippen molar-refractivity contribution < 1.29 is 5.11 Å². The van der Waals surface area contributed by atoms with E-state index in [1.165, 1.54) is 16.8 Å². The van der Waals surface area contributed by atoms with Crippen molar-refractivity contribution in [1.29, 1.82) is 0 Å². The molecule has 1 fully saturated rings. The van der Waals surface area contributed by atoms with Gasteiger partial charge in [0.2, 0.25) is 0 Å². The van der Waals surface area contributed by atoms with Crippen LogP contribution in [0, 0.1) is 5.92 Å². The zero-order valence-corrected chi connectivity index (χ0v) is 14.0. The molecule has 1 saturated heterocycles. The normalized spacial score (nSPS) is 15.7. The zero-order valence-electron chi connectivity index (χ0n) is 13.2. The average Bonchev–Trinajstić information content (AvgIpc) is 2.56. The van der Waals surface area contributed by atoms with E-state index < -0.39 is 11.2 Å². The average molecular weight is 350 g/mol. The lowest BCUT2D eigenvalue weighted by Gasteiger charge is -2.33. The van der Waals surface area contributed by atoms with Crippen LogP contribution in [0.4, 0.5) is 5.69 Å². The van der Waals surface area contributed by atoms with Crippen molar-refractivity contribution in [1.82, 2.24) is 9.55 Å². The number of aromatic nitrogens is 2. The van der Waals surface area contributed by atoms with Crippen molar-refractivity contribution in [3.8, 4) is 5.69 Å². The summed E-state index contributed by atoms with van der Waals surface area (Å²) in [6.45, 7) is 2.11. The second kappa shape index (κ2) is 7.23. The van der Waals surface area contributed by atoms with Gasteiger partial charge in [-0.05, 0) is 43.4 Å². The van der Waals surface area contributed by atoms with E-state index in [0.29, 0.717) is 16.6 Å². The summed E-state index contributed by atoms with van der Waals surface area (Å²) < 4.78 is 1.32. The SMILES string of the molecule is O=c1ccn(-c2ccc(N3CCC(CCO)CC3)cc2Cl)c(=O)[nH]1. The molecule has 0 radical (unpaired) electrons. The summed E-state index contributed by atoms with van der Waals surface area (Å²) in [5, 5.41) is 9.49. The topological polar surface area (TPSA) is 78.3 Å². The number of H-pyrrole nitrogens is 1. The Bertz CT molecular complexity index is 822. The first kappa shape index (κ1) is 16.8. The second-order valence-corrected chi connectivity index (χ2v) is 6.47. The van der Waals surface area contributed by atoms with Gasteiger partial charge < -0.3 is 10.0 Å². The smallest absolute Gasteiger partial charge is 0.332 e. The van der Waals surface area contributed by atoms with Crippen LogP contribution >= 0.6 is 11.6 Å². The molecule has 24 heavy (non-hydrogen) atoms. The van der Waals surface area contributed by atoms with E-state index in [0.717, 1.165) is 38.0 Å². The van der Waals surface area contributed by atoms with E-state index in [1.807, 2.05) is 12.1 Å². The highest BCUT2D eigenvalue weighted by atomic mass is 35.5. The minimum Gasteiger partial charge on any atom is -0.396 e. The maximum absolute atomic E-state index is 11.9. The van der Waals surface area contributed by atoms with Crippen LogP contribution in [0.5, 0.6) is 0 Å². The third-order valence-corrected chi connectivity index (χ3v) is 4.83. The molecular weight excluding hydrogens is 330 g/mol. The highest BCUT2D eigenvalue weighted by molar-refractivity contribution is 6.32. The maximum atomic E-state index is 11.9. The minimum atomic E-state index is -0.512. The molecule has 0 atom stereocenters. The number of nitrogens with one attached hydrogen (secondary N) is 1. The first-order valence-electron chi connectivity index (χ1n) is 8.06. The number of hydrogen-bond donors (Lipinski definition) is 2. The highest BCUT2D eigenvalue weighted by Gasteiger charge is 2.19. The number of rotatable bonds is 4. The van der Waals surface area contributed by atoms with Gasteiger partial charge in [-0.25, -0.2) is 4.79 Å². The molecule has 0 aliphatic carbocycles. The number of aliphatic hydroxyl groups is 1. The third kappa shape index (κ3) is 3.55. The summed E-state index contributed by atoms with van der Waals surface area (Å²) in [4.78, 5) is 27.5. The fourth-order valence-electron chi connectivity index (χ4n) is 3.16. The summed E-state index contributed by atoms with van der Waals surface area (Å²) in [6, 6.07) is 6.86. The van der Waals surface area contributed by atoms with Crippen LogP contribution in [0.2, 0.25) is 5.02 Å². The number of aromatic amines is 1. The van der Waals surface area contributed by atoms with Gasteiger partial charge in [-0.1, -0.05) is 11.6 Å². The molecule has 0 spiro atoms. The van der Waals surface area contributed by atoms with Crippen LogP contribution in [-0.2, 0) is 0 Å². The number of piperidine rings is 1. The van der Waals surface area contributed by atoms with Crippen LogP contribution < -0.4 is 16.1 Å². The molecular formula is C17H20ClN3O3. The lowest BCUT2D eigenvalue weighted by molar-refractivity contribution is 0.240. The Morgan fingerprint density at radius 2 is 1.96 bits per heavy atom. The van der Waals surface area contributed by atoms with Gasteiger partial charge in [0.1, 0.15) is 0 Å². The number of nitrogens with zero attached hydrogens (tertiary/aromatic N) is 2. The van der Waals surface area contributed by atoms with Gasteiger partial charge in [0.25, 0.3) is 5.56 Å². The first-order valence-corrected chi connectivity index (χ1v) is 8.44. The van der Waals surface area contributed by atoms with Crippen molar-refractivity contribution in [2.45, 2.75) is 19.3 Å². The van der Waals surface area contributed by atoms with Crippen LogP contribution in [0.25, 0.3) is 5.69 Å². The van der Waals surface area contributed by atoms with Crippen molar-refractivity contribution >= 4 is 17.3 Å². The Morgan fingerprint density at radius 1 is 1.21 bits per heavy atom. The quantitative estimate of drug-likeness (QED) is 0.882. The largest absolute Gasteiger partial charge is 0.396 e. The number of benzene rings is 1. The third-order valence-electron chi connectivity index (χ3n) is 4.53. The molecule has 0 saturated carbocycles. The van der Waals surface area contributed by atoms with Gasteiger partial charge in [0, 0.05) is 37.6 Å². The molecule has 3 rings (SSSR count). The molecule has 1 aliphatic rings. The number of halogens is 1. The molecule has 0 bridgehead atoms. The van der Waals surface area contributed by atoms with E-state index >= 15 is 0 Å². The van der Waals surface area contributed by atoms with Crippen molar-refractivity contribution in [2.24, 2.45) is 5.92 Å². The zero-order chi connectivity index (χ0) is 17.1. The molecule has 1 aromatic heterocycles. The highest BCUT2D eigenvalue weighted by Crippen LogP contribution is 2.29. The summed E-state index contributed by atoms with van der Waals surface area (Å²) in [5.41, 5.74) is 0.609. The molecule has 2 aromatic rings. The molecule has 2 heterocycles. The van der Waals surface area contributed by atoms with Gasteiger partial charge in [0.05, 0.1) is 10.7 Å². The Labute approximate surface area is 144 Å². The molecule has 128 valence electrons. The van der Waals surface area contributed by atoms with Gasteiger partial charge in [-0.15, -0.1) is 0 Å². The number of aliphatic hydroxyl groups excluding tert-OH is 1. The Kier molecular flexibility index (Phi) is 5.06. The Balaban J connectivity index is 1.80. The Hall–Kier alpha value is -2.05. The van der Waals surface area contributed by atoms with Crippen LogP contribution in [-0.4, -0.2) is 34.4 Å². The maximum Gasteiger partial charge on any atom is 0.332 e. The van der Waals surface area contributed by atoms with E-state index in [-0.39, 0.29) is 6.61 Å². The molecule has 6 nitrogen and oxygen atoms in total. The molecule has 0 amide bonds. The van der Waals surface area contributed by atoms with Crippen molar-refractivity contribution in [3.05, 3.63) is 56.3 Å². The molecule has 1 aromatic carbocycles. The van der Waals surface area contributed by atoms with Crippen LogP contribution in [0.3, 0.4) is 0 Å². The van der Waals surface area contributed by atoms with Crippen molar-refractivity contribution in [3.63, 3.8) is 0 Å². The van der Waals surface area contributed by atoms with Gasteiger partial charge >= 0.3 is 5.69 Å². The van der Waals surface area contributed by atoms with Crippen LogP contribution in [0.15, 0.2) is 40.1 Å². The monoisotopic (exact) mass is 349 g/mol. The van der Waals surface area contributed by atoms with Crippen molar-refractivity contribution in [2.75, 3.05) is 24.6 Å². The fraction of sp³-hybridized carbons (Fsp3) is 0.412. The van der Waals surface area contributed by atoms with E-state index in [1.54, 1.807) is 6.07 Å². The fourth-order valence-corrected chi connectivity index (χ4v) is 3.42. The predicted octanol–water partition coefficient (Wildman–Crippen LogP) is 1.78. The standard InChI is InChI=1S/C17H20ClN3O3/c18-14-11-13(20-7-3-12(4-8-20)6-10-22)1-2-15(14)21-9-5-16(23)19-17(21)24/h1-2,5,9,11-12,22H,3-4,6-8,10H2,(H,19,23,24). The summed E-state index contributed by atoms with van der Waals surface area (Å²) in [5.74, 6) is 0.584. The van der Waals surface area contributed by atoms with E-state index in [4.69, 9.17) is 16.7 Å². The second-order valence-electron chi connectivity index (χ2n) is 6.06. The summed E-state index contributed by atoms with van der Waals surface area (Å²) in [7, 11) is 0. The molecule has 1 aliphatic heterocycles. The molecule has 0 unspecified atom stereocenters. The van der Waals surface area contributed by atoms with Gasteiger partial charge in [-0.3, -0.25) is 14.3 Å². The van der Waals surface area contributed by atoms with Gasteiger partial charge in [0.15, 0.2) is 0 Å². The number of anilines is 1. The molecule has 2 N–H and O–H groups in total. The minimum absolute atomic E-state index is 0.249. The lowest BCUT2D eigenvalue weighted by atomic mass is 9.93.